The first kappa shape index (κ1) is 21.0. The lowest BCUT2D eigenvalue weighted by molar-refractivity contribution is -0.384. The number of benzene rings is 1. The largest absolute Gasteiger partial charge is 0.385 e. The second kappa shape index (κ2) is 9.23. The van der Waals surface area contributed by atoms with Crippen molar-refractivity contribution in [1.29, 1.82) is 0 Å². The summed E-state index contributed by atoms with van der Waals surface area (Å²) in [6.45, 7) is 1.35. The number of aromatic nitrogens is 2. The molecule has 1 aromatic carbocycles. The van der Waals surface area contributed by atoms with Crippen LogP contribution in [0.2, 0.25) is 0 Å². The number of nitrogens with zero attached hydrogens (tertiary/aromatic N) is 4. The Hall–Kier alpha value is -3.30. The third-order valence-electron chi connectivity index (χ3n) is 5.35. The van der Waals surface area contributed by atoms with Crippen LogP contribution in [0, 0.1) is 10.1 Å². The highest BCUT2D eigenvalue weighted by atomic mass is 32.1. The number of thiocarbonyl (C=S) groups is 1. The zero-order chi connectivity index (χ0) is 21.8. The summed E-state index contributed by atoms with van der Waals surface area (Å²) in [6, 6.07) is 16.1. The summed E-state index contributed by atoms with van der Waals surface area (Å²) < 4.78 is 7.21. The molecule has 0 bridgehead atoms. The first-order chi connectivity index (χ1) is 15.1. The maximum Gasteiger partial charge on any atom is 0.271 e. The first-order valence-corrected chi connectivity index (χ1v) is 10.4. The molecule has 0 unspecified atom stereocenters. The van der Waals surface area contributed by atoms with Gasteiger partial charge in [-0.1, -0.05) is 12.1 Å². The zero-order valence-corrected chi connectivity index (χ0v) is 17.9. The lowest BCUT2D eigenvalue weighted by Gasteiger charge is -2.29. The van der Waals surface area contributed by atoms with Gasteiger partial charge in [0, 0.05) is 50.5 Å². The molecular weight excluding hydrogens is 414 g/mol. The van der Waals surface area contributed by atoms with E-state index in [0.29, 0.717) is 18.3 Å². The predicted molar refractivity (Wildman–Crippen MR) is 121 cm³/mol. The topological polar surface area (TPSA) is 85.5 Å². The number of nitro benzene ring substituents is 1. The van der Waals surface area contributed by atoms with Crippen LogP contribution in [0.3, 0.4) is 0 Å². The minimum atomic E-state index is -0.382. The SMILES string of the molecule is COCCCN1C(=S)N[C@H](c2ccccn2)[C@@H]1c1cccn1-c1cccc([N+](=O)[O-])c1. The van der Waals surface area contributed by atoms with Gasteiger partial charge in [-0.25, -0.2) is 0 Å². The second-order valence-electron chi connectivity index (χ2n) is 7.25. The average Bonchev–Trinajstić information content (AvgIpc) is 3.39. The van der Waals surface area contributed by atoms with Gasteiger partial charge >= 0.3 is 0 Å². The molecule has 0 spiro atoms. The molecule has 1 fully saturated rings. The van der Waals surface area contributed by atoms with E-state index in [1.165, 1.54) is 6.07 Å². The van der Waals surface area contributed by atoms with Crippen molar-refractivity contribution in [1.82, 2.24) is 19.8 Å². The Morgan fingerprint density at radius 3 is 2.84 bits per heavy atom. The van der Waals surface area contributed by atoms with E-state index in [1.807, 2.05) is 47.2 Å². The molecule has 4 rings (SSSR count). The van der Waals surface area contributed by atoms with Gasteiger partial charge in [0.2, 0.25) is 0 Å². The fourth-order valence-electron chi connectivity index (χ4n) is 3.97. The molecule has 2 aromatic heterocycles. The van der Waals surface area contributed by atoms with Gasteiger partial charge < -0.3 is 19.5 Å². The molecule has 8 nitrogen and oxygen atoms in total. The van der Waals surface area contributed by atoms with E-state index < -0.39 is 0 Å². The third kappa shape index (κ3) is 4.28. The van der Waals surface area contributed by atoms with E-state index in [-0.39, 0.29) is 22.7 Å². The normalized spacial score (nSPS) is 18.2. The third-order valence-corrected chi connectivity index (χ3v) is 5.70. The number of rotatable bonds is 8. The molecule has 1 aliphatic rings. The summed E-state index contributed by atoms with van der Waals surface area (Å²) in [4.78, 5) is 17.6. The number of pyridine rings is 1. The van der Waals surface area contributed by atoms with Crippen LogP contribution in [0.5, 0.6) is 0 Å². The maximum absolute atomic E-state index is 11.3. The van der Waals surface area contributed by atoms with Crippen molar-refractivity contribution in [2.45, 2.75) is 18.5 Å². The van der Waals surface area contributed by atoms with Crippen molar-refractivity contribution in [3.05, 3.63) is 88.5 Å². The molecule has 1 N–H and O–H groups in total. The Bertz CT molecular complexity index is 1070. The Kier molecular flexibility index (Phi) is 6.24. The van der Waals surface area contributed by atoms with E-state index in [2.05, 4.69) is 15.2 Å². The molecule has 9 heteroatoms. The van der Waals surface area contributed by atoms with Gasteiger partial charge in [0.05, 0.1) is 28.4 Å². The molecule has 160 valence electrons. The molecule has 3 heterocycles. The molecule has 0 amide bonds. The average molecular weight is 438 g/mol. The van der Waals surface area contributed by atoms with Crippen molar-refractivity contribution in [2.75, 3.05) is 20.3 Å². The summed E-state index contributed by atoms with van der Waals surface area (Å²) in [5, 5.41) is 15.4. The Balaban J connectivity index is 1.77. The van der Waals surface area contributed by atoms with Gasteiger partial charge in [0.1, 0.15) is 0 Å². The lowest BCUT2D eigenvalue weighted by atomic mass is 10.0. The molecule has 2 atom stereocenters. The van der Waals surface area contributed by atoms with E-state index in [9.17, 15) is 10.1 Å². The van der Waals surface area contributed by atoms with Crippen LogP contribution in [0.15, 0.2) is 67.0 Å². The Labute approximate surface area is 185 Å². The number of methoxy groups -OCH3 is 1. The minimum Gasteiger partial charge on any atom is -0.385 e. The summed E-state index contributed by atoms with van der Waals surface area (Å²) in [5.74, 6) is 0. The summed E-state index contributed by atoms with van der Waals surface area (Å²) >= 11 is 5.68. The van der Waals surface area contributed by atoms with E-state index in [1.54, 1.807) is 25.4 Å². The van der Waals surface area contributed by atoms with Crippen LogP contribution in [0.4, 0.5) is 5.69 Å². The molecule has 0 radical (unpaired) electrons. The maximum atomic E-state index is 11.3. The number of non-ortho nitro benzene ring substituents is 1. The number of nitro groups is 1. The lowest BCUT2D eigenvalue weighted by Crippen LogP contribution is -2.32. The molecule has 0 aliphatic carbocycles. The Morgan fingerprint density at radius 1 is 1.23 bits per heavy atom. The summed E-state index contributed by atoms with van der Waals surface area (Å²) in [5.41, 5.74) is 2.64. The first-order valence-electron chi connectivity index (χ1n) is 9.99. The van der Waals surface area contributed by atoms with Crippen LogP contribution < -0.4 is 5.32 Å². The number of ether oxygens (including phenoxy) is 1. The minimum absolute atomic E-state index is 0.0513. The molecular formula is C22H23N5O3S. The van der Waals surface area contributed by atoms with E-state index in [0.717, 1.165) is 23.5 Å². The highest BCUT2D eigenvalue weighted by Crippen LogP contribution is 2.39. The summed E-state index contributed by atoms with van der Waals surface area (Å²) in [7, 11) is 1.68. The fourth-order valence-corrected chi connectivity index (χ4v) is 4.31. The van der Waals surface area contributed by atoms with Crippen molar-refractivity contribution in [3.8, 4) is 5.69 Å². The van der Waals surface area contributed by atoms with Gasteiger partial charge in [-0.15, -0.1) is 0 Å². The van der Waals surface area contributed by atoms with Crippen molar-refractivity contribution >= 4 is 23.0 Å². The molecule has 0 saturated carbocycles. The van der Waals surface area contributed by atoms with Gasteiger partial charge in [-0.05, 0) is 49.0 Å². The zero-order valence-electron chi connectivity index (χ0n) is 17.0. The van der Waals surface area contributed by atoms with Crippen molar-refractivity contribution < 1.29 is 9.66 Å². The standard InChI is InChI=1S/C22H23N5O3S/c1-30-14-6-13-26-21(20(24-22(26)31)18-9-2-3-11-23-18)19-10-5-12-25(19)16-7-4-8-17(15-16)27(28)29/h2-5,7-12,15,20-21H,6,13-14H2,1H3,(H,24,31)/t20-,21+/m1/s1. The van der Waals surface area contributed by atoms with Crippen LogP contribution in [0.1, 0.15) is 29.9 Å². The molecule has 31 heavy (non-hydrogen) atoms. The summed E-state index contributed by atoms with van der Waals surface area (Å²) in [6.07, 6.45) is 4.50. The number of nitrogens with one attached hydrogen (secondary N) is 1. The van der Waals surface area contributed by atoms with Crippen molar-refractivity contribution in [2.24, 2.45) is 0 Å². The fraction of sp³-hybridized carbons (Fsp3) is 0.273. The number of hydrogen-bond acceptors (Lipinski definition) is 5. The highest BCUT2D eigenvalue weighted by Gasteiger charge is 2.41. The number of hydrogen-bond donors (Lipinski definition) is 1. The molecule has 3 aromatic rings. The van der Waals surface area contributed by atoms with Crippen LogP contribution in [0.25, 0.3) is 5.69 Å². The van der Waals surface area contributed by atoms with Crippen LogP contribution in [-0.4, -0.2) is 44.7 Å². The molecule has 1 aliphatic heterocycles. The second-order valence-corrected chi connectivity index (χ2v) is 7.63. The monoisotopic (exact) mass is 437 g/mol. The smallest absolute Gasteiger partial charge is 0.271 e. The van der Waals surface area contributed by atoms with E-state index >= 15 is 0 Å². The van der Waals surface area contributed by atoms with E-state index in [4.69, 9.17) is 17.0 Å². The quantitative estimate of drug-likeness (QED) is 0.248. The van der Waals surface area contributed by atoms with Crippen molar-refractivity contribution in [3.63, 3.8) is 0 Å². The highest BCUT2D eigenvalue weighted by molar-refractivity contribution is 7.80. The van der Waals surface area contributed by atoms with Gasteiger partial charge in [0.25, 0.3) is 5.69 Å². The predicted octanol–water partition coefficient (Wildman–Crippen LogP) is 3.79. The molecule has 1 saturated heterocycles. The van der Waals surface area contributed by atoms with Crippen LogP contribution >= 0.6 is 12.2 Å². The Morgan fingerprint density at radius 2 is 2.10 bits per heavy atom. The van der Waals surface area contributed by atoms with Crippen LogP contribution in [-0.2, 0) is 4.74 Å². The van der Waals surface area contributed by atoms with Gasteiger partial charge in [-0.2, -0.15) is 0 Å². The van der Waals surface area contributed by atoms with Gasteiger partial charge in [0.15, 0.2) is 5.11 Å². The van der Waals surface area contributed by atoms with Gasteiger partial charge in [-0.3, -0.25) is 15.1 Å².